The molecule has 12 heavy (non-hydrogen) atoms. The van der Waals surface area contributed by atoms with E-state index >= 15 is 0 Å². The van der Waals surface area contributed by atoms with Crippen molar-refractivity contribution in [2.45, 2.75) is 27.2 Å². The molecule has 0 amide bonds. The molecule has 0 atom stereocenters. The minimum atomic E-state index is 0.652. The molecule has 0 unspecified atom stereocenters. The van der Waals surface area contributed by atoms with Crippen molar-refractivity contribution in [3.63, 3.8) is 0 Å². The average molecular weight is 186 g/mol. The van der Waals surface area contributed by atoms with Crippen LogP contribution < -0.4 is 5.73 Å². The second-order valence-corrected chi connectivity index (χ2v) is 2.62. The van der Waals surface area contributed by atoms with E-state index in [9.17, 15) is 0 Å². The number of rotatable bonds is 1. The second kappa shape index (κ2) is 5.90. The molecule has 0 radical (unpaired) electrons. The Labute approximate surface area is 79.5 Å². The topological polar surface area (TPSA) is 26.0 Å². The monoisotopic (exact) mass is 185 g/mol. The largest absolute Gasteiger partial charge is 0.398 e. The molecule has 0 saturated heterocycles. The van der Waals surface area contributed by atoms with Gasteiger partial charge >= 0.3 is 0 Å². The number of hydrogen-bond acceptors (Lipinski definition) is 1. The van der Waals surface area contributed by atoms with Crippen molar-refractivity contribution in [1.29, 1.82) is 0 Å². The molecular formula is C10H16ClN. The van der Waals surface area contributed by atoms with Crippen molar-refractivity contribution < 1.29 is 0 Å². The molecule has 2 N–H and O–H groups in total. The van der Waals surface area contributed by atoms with Crippen LogP contribution in [0.1, 0.15) is 26.3 Å². The van der Waals surface area contributed by atoms with Gasteiger partial charge in [0.15, 0.2) is 0 Å². The summed E-state index contributed by atoms with van der Waals surface area (Å²) >= 11 is 5.77. The average Bonchev–Trinajstić information content (AvgIpc) is 2.13. The van der Waals surface area contributed by atoms with Crippen molar-refractivity contribution in [3.05, 3.63) is 28.8 Å². The SMILES string of the molecule is CC.CCc1ccc(N)c(Cl)c1. The van der Waals surface area contributed by atoms with E-state index in [-0.39, 0.29) is 0 Å². The van der Waals surface area contributed by atoms with Crippen LogP contribution in [0, 0.1) is 0 Å². The van der Waals surface area contributed by atoms with Crippen LogP contribution in [0.2, 0.25) is 5.02 Å². The highest BCUT2D eigenvalue weighted by molar-refractivity contribution is 6.33. The maximum atomic E-state index is 5.77. The number of nitrogen functional groups attached to an aromatic ring is 1. The summed E-state index contributed by atoms with van der Waals surface area (Å²) in [6, 6.07) is 5.72. The first-order valence-electron chi connectivity index (χ1n) is 4.28. The molecule has 68 valence electrons. The third-order valence-electron chi connectivity index (χ3n) is 1.47. The lowest BCUT2D eigenvalue weighted by Crippen LogP contribution is -1.87. The van der Waals surface area contributed by atoms with Gasteiger partial charge in [-0.15, -0.1) is 0 Å². The van der Waals surface area contributed by atoms with E-state index in [2.05, 4.69) is 6.92 Å². The molecule has 1 nitrogen and oxygen atoms in total. The molecule has 1 aromatic rings. The van der Waals surface area contributed by atoms with Gasteiger partial charge in [-0.3, -0.25) is 0 Å². The summed E-state index contributed by atoms with van der Waals surface area (Å²) in [7, 11) is 0. The maximum Gasteiger partial charge on any atom is 0.0638 e. The van der Waals surface area contributed by atoms with Gasteiger partial charge in [0.1, 0.15) is 0 Å². The van der Waals surface area contributed by atoms with Crippen molar-refractivity contribution in [2.24, 2.45) is 0 Å². The van der Waals surface area contributed by atoms with E-state index in [1.807, 2.05) is 32.0 Å². The molecular weight excluding hydrogens is 170 g/mol. The Bertz CT molecular complexity index is 233. The van der Waals surface area contributed by atoms with Gasteiger partial charge in [0.2, 0.25) is 0 Å². The van der Waals surface area contributed by atoms with Crippen LogP contribution in [0.15, 0.2) is 18.2 Å². The van der Waals surface area contributed by atoms with Gasteiger partial charge in [0.25, 0.3) is 0 Å². The lowest BCUT2D eigenvalue weighted by Gasteiger charge is -1.99. The fourth-order valence-corrected chi connectivity index (χ4v) is 0.994. The molecule has 0 spiro atoms. The highest BCUT2D eigenvalue weighted by Crippen LogP contribution is 2.19. The normalized spacial score (nSPS) is 8.67. The minimum Gasteiger partial charge on any atom is -0.398 e. The van der Waals surface area contributed by atoms with Gasteiger partial charge in [0.05, 0.1) is 10.7 Å². The Balaban J connectivity index is 0.000000561. The van der Waals surface area contributed by atoms with E-state index < -0.39 is 0 Å². The third-order valence-corrected chi connectivity index (χ3v) is 1.80. The van der Waals surface area contributed by atoms with E-state index in [0.717, 1.165) is 6.42 Å². The number of halogens is 1. The smallest absolute Gasteiger partial charge is 0.0638 e. The zero-order valence-electron chi connectivity index (χ0n) is 7.89. The first-order chi connectivity index (χ1) is 5.74. The van der Waals surface area contributed by atoms with Crippen LogP contribution in [-0.2, 0) is 6.42 Å². The molecule has 0 aliphatic heterocycles. The first kappa shape index (κ1) is 11.3. The molecule has 0 aliphatic carbocycles. The highest BCUT2D eigenvalue weighted by atomic mass is 35.5. The molecule has 0 aliphatic rings. The lowest BCUT2D eigenvalue weighted by atomic mass is 10.1. The Morgan fingerprint density at radius 2 is 1.92 bits per heavy atom. The number of benzene rings is 1. The Morgan fingerprint density at radius 3 is 2.33 bits per heavy atom. The highest BCUT2D eigenvalue weighted by Gasteiger charge is 1.94. The number of nitrogens with two attached hydrogens (primary N) is 1. The minimum absolute atomic E-state index is 0.652. The quantitative estimate of drug-likeness (QED) is 0.666. The fraction of sp³-hybridized carbons (Fsp3) is 0.400. The van der Waals surface area contributed by atoms with Crippen LogP contribution in [0.5, 0.6) is 0 Å². The van der Waals surface area contributed by atoms with Crippen LogP contribution >= 0.6 is 11.6 Å². The van der Waals surface area contributed by atoms with Crippen molar-refractivity contribution >= 4 is 17.3 Å². The summed E-state index contributed by atoms with van der Waals surface area (Å²) in [4.78, 5) is 0. The van der Waals surface area contributed by atoms with E-state index in [0.29, 0.717) is 10.7 Å². The predicted octanol–water partition coefficient (Wildman–Crippen LogP) is 3.51. The fourth-order valence-electron chi connectivity index (χ4n) is 0.791. The third kappa shape index (κ3) is 3.14. The van der Waals surface area contributed by atoms with Gasteiger partial charge in [-0.1, -0.05) is 38.4 Å². The number of anilines is 1. The molecule has 0 saturated carbocycles. The summed E-state index contributed by atoms with van der Waals surface area (Å²) in [6.07, 6.45) is 1.00. The Hall–Kier alpha value is -0.690. The van der Waals surface area contributed by atoms with Crippen LogP contribution in [0.25, 0.3) is 0 Å². The van der Waals surface area contributed by atoms with Gasteiger partial charge < -0.3 is 5.73 Å². The van der Waals surface area contributed by atoms with Crippen LogP contribution in [0.4, 0.5) is 5.69 Å². The Kier molecular flexibility index (Phi) is 5.56. The molecule has 2 heteroatoms. The number of hydrogen-bond donors (Lipinski definition) is 1. The van der Waals surface area contributed by atoms with Crippen LogP contribution in [0.3, 0.4) is 0 Å². The van der Waals surface area contributed by atoms with Gasteiger partial charge in [-0.25, -0.2) is 0 Å². The van der Waals surface area contributed by atoms with E-state index in [4.69, 9.17) is 17.3 Å². The van der Waals surface area contributed by atoms with Gasteiger partial charge in [0, 0.05) is 0 Å². The molecule has 1 aromatic carbocycles. The second-order valence-electron chi connectivity index (χ2n) is 2.21. The zero-order valence-corrected chi connectivity index (χ0v) is 8.65. The van der Waals surface area contributed by atoms with Gasteiger partial charge in [-0.05, 0) is 24.1 Å². The summed E-state index contributed by atoms with van der Waals surface area (Å²) in [5.74, 6) is 0. The summed E-state index contributed by atoms with van der Waals surface area (Å²) in [6.45, 7) is 6.09. The van der Waals surface area contributed by atoms with Crippen molar-refractivity contribution in [2.75, 3.05) is 5.73 Å². The zero-order chi connectivity index (χ0) is 9.56. The summed E-state index contributed by atoms with van der Waals surface area (Å²) in [5.41, 5.74) is 7.38. The predicted molar refractivity (Wildman–Crippen MR) is 56.6 cm³/mol. The summed E-state index contributed by atoms with van der Waals surface area (Å²) < 4.78 is 0. The van der Waals surface area contributed by atoms with Crippen molar-refractivity contribution in [1.82, 2.24) is 0 Å². The molecule has 0 heterocycles. The molecule has 0 bridgehead atoms. The van der Waals surface area contributed by atoms with E-state index in [1.165, 1.54) is 5.56 Å². The van der Waals surface area contributed by atoms with Gasteiger partial charge in [-0.2, -0.15) is 0 Å². The standard InChI is InChI=1S/C8H10ClN.C2H6/c1-2-6-3-4-8(10)7(9)5-6;1-2/h3-5H,2,10H2,1H3;1-2H3. The lowest BCUT2D eigenvalue weighted by molar-refractivity contribution is 1.14. The molecule has 0 aromatic heterocycles. The maximum absolute atomic E-state index is 5.77. The number of aryl methyl sites for hydroxylation is 1. The van der Waals surface area contributed by atoms with Crippen molar-refractivity contribution in [3.8, 4) is 0 Å². The molecule has 0 fully saturated rings. The van der Waals surface area contributed by atoms with E-state index in [1.54, 1.807) is 0 Å². The first-order valence-corrected chi connectivity index (χ1v) is 4.65. The summed E-state index contributed by atoms with van der Waals surface area (Å²) in [5, 5.41) is 0.652. The van der Waals surface area contributed by atoms with Crippen LogP contribution in [-0.4, -0.2) is 0 Å². The Morgan fingerprint density at radius 1 is 1.33 bits per heavy atom. The molecule has 1 rings (SSSR count).